The lowest BCUT2D eigenvalue weighted by Gasteiger charge is -2.12. The summed E-state index contributed by atoms with van der Waals surface area (Å²) in [5.74, 6) is -0.596. The summed E-state index contributed by atoms with van der Waals surface area (Å²) in [7, 11) is -3.73. The van der Waals surface area contributed by atoms with Gasteiger partial charge in [0.25, 0.3) is 0 Å². The summed E-state index contributed by atoms with van der Waals surface area (Å²) in [6, 6.07) is 3.17. The van der Waals surface area contributed by atoms with Crippen molar-refractivity contribution in [3.8, 4) is 0 Å². The lowest BCUT2D eigenvalue weighted by molar-refractivity contribution is -0.119. The van der Waals surface area contributed by atoms with Crippen LogP contribution in [0.3, 0.4) is 0 Å². The monoisotopic (exact) mass is 350 g/mol. The zero-order valence-electron chi connectivity index (χ0n) is 9.82. The summed E-state index contributed by atoms with van der Waals surface area (Å²) in [5.41, 5.74) is 0. The van der Waals surface area contributed by atoms with Crippen molar-refractivity contribution in [1.82, 2.24) is 10.0 Å². The molecule has 1 unspecified atom stereocenters. The van der Waals surface area contributed by atoms with Crippen LogP contribution in [0.1, 0.15) is 12.8 Å². The number of sulfonamides is 1. The fourth-order valence-corrected chi connectivity index (χ4v) is 3.94. The van der Waals surface area contributed by atoms with Crippen LogP contribution >= 0.6 is 15.9 Å². The second kappa shape index (κ2) is 5.56. The zero-order valence-corrected chi connectivity index (χ0v) is 12.2. The fraction of sp³-hybridized carbons (Fsp3) is 0.364. The number of carbonyl (C=O) groups excluding carboxylic acids is 1. The second-order valence-corrected chi connectivity index (χ2v) is 6.82. The first kappa shape index (κ1) is 14.4. The number of nitrogens with one attached hydrogen (secondary N) is 2. The Morgan fingerprint density at radius 2 is 2.21 bits per heavy atom. The number of rotatable bonds is 4. The Hall–Kier alpha value is -0.990. The van der Waals surface area contributed by atoms with Gasteiger partial charge in [0.05, 0.1) is 4.90 Å². The fourth-order valence-electron chi connectivity index (χ4n) is 1.81. The molecule has 5 nitrogen and oxygen atoms in total. The highest BCUT2D eigenvalue weighted by molar-refractivity contribution is 9.10. The van der Waals surface area contributed by atoms with Crippen molar-refractivity contribution in [3.63, 3.8) is 0 Å². The van der Waals surface area contributed by atoms with Gasteiger partial charge in [-0.05, 0) is 40.5 Å². The van der Waals surface area contributed by atoms with Crippen molar-refractivity contribution in [2.45, 2.75) is 23.8 Å². The highest BCUT2D eigenvalue weighted by Gasteiger charge is 2.24. The van der Waals surface area contributed by atoms with E-state index < -0.39 is 15.8 Å². The van der Waals surface area contributed by atoms with Gasteiger partial charge in [0.2, 0.25) is 15.9 Å². The van der Waals surface area contributed by atoms with Crippen molar-refractivity contribution in [1.29, 1.82) is 0 Å². The van der Waals surface area contributed by atoms with Gasteiger partial charge in [0.1, 0.15) is 5.82 Å². The molecule has 1 saturated heterocycles. The number of hydrogen-bond acceptors (Lipinski definition) is 3. The molecule has 104 valence electrons. The largest absolute Gasteiger partial charge is 0.352 e. The van der Waals surface area contributed by atoms with Gasteiger partial charge in [0, 0.05) is 23.5 Å². The molecule has 0 bridgehead atoms. The molecule has 2 rings (SSSR count). The van der Waals surface area contributed by atoms with E-state index in [1.165, 1.54) is 6.07 Å². The van der Waals surface area contributed by atoms with Crippen LogP contribution in [0.2, 0.25) is 0 Å². The Kier molecular flexibility index (Phi) is 4.22. The van der Waals surface area contributed by atoms with E-state index in [2.05, 4.69) is 26.0 Å². The van der Waals surface area contributed by atoms with E-state index in [9.17, 15) is 17.6 Å². The zero-order chi connectivity index (χ0) is 14.0. The first-order valence-corrected chi connectivity index (χ1v) is 7.90. The van der Waals surface area contributed by atoms with Gasteiger partial charge < -0.3 is 5.32 Å². The Bertz CT molecular complexity index is 606. The minimum absolute atomic E-state index is 0.0294. The van der Waals surface area contributed by atoms with Crippen LogP contribution in [0.4, 0.5) is 4.39 Å². The minimum Gasteiger partial charge on any atom is -0.352 e. The highest BCUT2D eigenvalue weighted by Crippen LogP contribution is 2.22. The van der Waals surface area contributed by atoms with E-state index in [1.807, 2.05) is 0 Å². The Morgan fingerprint density at radius 1 is 1.47 bits per heavy atom. The first-order valence-electron chi connectivity index (χ1n) is 5.62. The third kappa shape index (κ3) is 3.52. The molecule has 2 N–H and O–H groups in total. The molecule has 1 amide bonds. The third-order valence-corrected chi connectivity index (χ3v) is 5.19. The summed E-state index contributed by atoms with van der Waals surface area (Å²) < 4.78 is 39.5. The summed E-state index contributed by atoms with van der Waals surface area (Å²) in [5, 5.41) is 2.66. The molecule has 1 aromatic rings. The number of benzene rings is 1. The maximum absolute atomic E-state index is 12.9. The maximum atomic E-state index is 12.9. The van der Waals surface area contributed by atoms with Crippen LogP contribution in [-0.2, 0) is 14.8 Å². The number of amides is 1. The average molecular weight is 351 g/mol. The summed E-state index contributed by atoms with van der Waals surface area (Å²) in [4.78, 5) is 11.0. The van der Waals surface area contributed by atoms with E-state index in [1.54, 1.807) is 0 Å². The Labute approximate surface area is 118 Å². The topological polar surface area (TPSA) is 75.3 Å². The van der Waals surface area contributed by atoms with E-state index in [0.717, 1.165) is 12.1 Å². The normalized spacial score (nSPS) is 19.5. The third-order valence-electron chi connectivity index (χ3n) is 2.79. The van der Waals surface area contributed by atoms with Crippen molar-refractivity contribution >= 4 is 31.9 Å². The molecule has 0 aromatic heterocycles. The van der Waals surface area contributed by atoms with Gasteiger partial charge in [0.15, 0.2) is 0 Å². The van der Waals surface area contributed by atoms with E-state index >= 15 is 0 Å². The summed E-state index contributed by atoms with van der Waals surface area (Å²) in [6.45, 7) is 0.123. The molecule has 8 heteroatoms. The molecule has 0 radical (unpaired) electrons. The number of hydrogen-bond donors (Lipinski definition) is 2. The van der Waals surface area contributed by atoms with Crippen molar-refractivity contribution in [3.05, 3.63) is 28.5 Å². The second-order valence-electron chi connectivity index (χ2n) is 4.23. The molecule has 1 atom stereocenters. The van der Waals surface area contributed by atoms with Crippen LogP contribution < -0.4 is 10.0 Å². The standard InChI is InChI=1S/C11H12BrFN2O3S/c12-9-5-7(13)1-3-10(9)19(17,18)14-6-8-2-4-11(16)15-8/h1,3,5,8,14H,2,4,6H2,(H,15,16). The Balaban J connectivity index is 2.07. The maximum Gasteiger partial charge on any atom is 0.241 e. The first-order chi connectivity index (χ1) is 8.88. The van der Waals surface area contributed by atoms with Gasteiger partial charge in [-0.2, -0.15) is 0 Å². The number of carbonyl (C=O) groups is 1. The SMILES string of the molecule is O=C1CCC(CNS(=O)(=O)c2ccc(F)cc2Br)N1. The summed E-state index contributed by atoms with van der Waals surface area (Å²) >= 11 is 3.02. The van der Waals surface area contributed by atoms with Gasteiger partial charge in [-0.3, -0.25) is 4.79 Å². The van der Waals surface area contributed by atoms with Crippen LogP contribution in [0.15, 0.2) is 27.6 Å². The van der Waals surface area contributed by atoms with Crippen LogP contribution in [0.25, 0.3) is 0 Å². The molecule has 1 fully saturated rings. The molecular formula is C11H12BrFN2O3S. The lowest BCUT2D eigenvalue weighted by Crippen LogP contribution is -2.38. The van der Waals surface area contributed by atoms with Crippen LogP contribution in [-0.4, -0.2) is 26.9 Å². The average Bonchev–Trinajstić information content (AvgIpc) is 2.72. The molecule has 0 saturated carbocycles. The molecular weight excluding hydrogens is 339 g/mol. The Morgan fingerprint density at radius 3 is 2.79 bits per heavy atom. The lowest BCUT2D eigenvalue weighted by atomic mass is 10.2. The van der Waals surface area contributed by atoms with E-state index in [-0.39, 0.29) is 27.9 Å². The highest BCUT2D eigenvalue weighted by atomic mass is 79.9. The molecule has 0 aliphatic carbocycles. The van der Waals surface area contributed by atoms with Gasteiger partial charge in [-0.25, -0.2) is 17.5 Å². The molecule has 19 heavy (non-hydrogen) atoms. The van der Waals surface area contributed by atoms with Gasteiger partial charge in [-0.1, -0.05) is 0 Å². The minimum atomic E-state index is -3.73. The van der Waals surface area contributed by atoms with Gasteiger partial charge in [-0.15, -0.1) is 0 Å². The molecule has 1 aliphatic heterocycles. The number of halogens is 2. The van der Waals surface area contributed by atoms with Crippen molar-refractivity contribution < 1.29 is 17.6 Å². The van der Waals surface area contributed by atoms with Crippen LogP contribution in [0, 0.1) is 5.82 Å². The molecule has 0 spiro atoms. The smallest absolute Gasteiger partial charge is 0.241 e. The molecule has 1 aliphatic rings. The molecule has 1 heterocycles. The summed E-state index contributed by atoms with van der Waals surface area (Å²) in [6.07, 6.45) is 1.01. The quantitative estimate of drug-likeness (QED) is 0.855. The predicted molar refractivity (Wildman–Crippen MR) is 70.5 cm³/mol. The van der Waals surface area contributed by atoms with Crippen molar-refractivity contribution in [2.75, 3.05) is 6.54 Å². The van der Waals surface area contributed by atoms with E-state index in [0.29, 0.717) is 12.8 Å². The molecule has 1 aromatic carbocycles. The van der Waals surface area contributed by atoms with E-state index in [4.69, 9.17) is 0 Å². The predicted octanol–water partition coefficient (Wildman–Crippen LogP) is 1.15. The van der Waals surface area contributed by atoms with Crippen molar-refractivity contribution in [2.24, 2.45) is 0 Å². The van der Waals surface area contributed by atoms with Crippen LogP contribution in [0.5, 0.6) is 0 Å². The van der Waals surface area contributed by atoms with Gasteiger partial charge >= 0.3 is 0 Å².